The first-order chi connectivity index (χ1) is 11.7. The fraction of sp³-hybridized carbons (Fsp3) is 0.211. The minimum absolute atomic E-state index is 0.00477. The van der Waals surface area contributed by atoms with Crippen LogP contribution in [0.5, 0.6) is 0 Å². The molecule has 0 saturated heterocycles. The SMILES string of the molecule is CCC(C)C(=O)Nc1cccc(-c2nnc(-c3ccccc3)o2)c1. The Morgan fingerprint density at radius 1 is 1.04 bits per heavy atom. The number of anilines is 1. The molecule has 0 spiro atoms. The van der Waals surface area contributed by atoms with Gasteiger partial charge in [-0.25, -0.2) is 0 Å². The molecule has 5 heteroatoms. The predicted octanol–water partition coefficient (Wildman–Crippen LogP) is 4.39. The fourth-order valence-corrected chi connectivity index (χ4v) is 2.22. The van der Waals surface area contributed by atoms with E-state index in [0.29, 0.717) is 11.8 Å². The number of carbonyl (C=O) groups excluding carboxylic acids is 1. The van der Waals surface area contributed by atoms with Crippen molar-refractivity contribution in [3.8, 4) is 22.9 Å². The maximum atomic E-state index is 12.0. The summed E-state index contributed by atoms with van der Waals surface area (Å²) in [5.74, 6) is 0.875. The van der Waals surface area contributed by atoms with E-state index in [1.54, 1.807) is 0 Å². The van der Waals surface area contributed by atoms with Crippen molar-refractivity contribution >= 4 is 11.6 Å². The molecule has 0 aliphatic rings. The molecule has 1 unspecified atom stereocenters. The molecule has 3 aromatic rings. The zero-order chi connectivity index (χ0) is 16.9. The number of nitrogens with one attached hydrogen (secondary N) is 1. The van der Waals surface area contributed by atoms with E-state index in [-0.39, 0.29) is 11.8 Å². The number of aromatic nitrogens is 2. The first kappa shape index (κ1) is 15.9. The fourth-order valence-electron chi connectivity index (χ4n) is 2.22. The summed E-state index contributed by atoms with van der Waals surface area (Å²) in [7, 11) is 0. The quantitative estimate of drug-likeness (QED) is 0.757. The summed E-state index contributed by atoms with van der Waals surface area (Å²) in [5, 5.41) is 11.1. The van der Waals surface area contributed by atoms with Gasteiger partial charge in [0.1, 0.15) is 0 Å². The van der Waals surface area contributed by atoms with E-state index in [4.69, 9.17) is 4.42 Å². The number of nitrogens with zero attached hydrogens (tertiary/aromatic N) is 2. The van der Waals surface area contributed by atoms with Crippen molar-refractivity contribution in [1.82, 2.24) is 10.2 Å². The second kappa shape index (κ2) is 7.08. The monoisotopic (exact) mass is 321 g/mol. The molecule has 1 amide bonds. The van der Waals surface area contributed by atoms with Gasteiger partial charge < -0.3 is 9.73 Å². The van der Waals surface area contributed by atoms with Gasteiger partial charge in [0.15, 0.2) is 0 Å². The van der Waals surface area contributed by atoms with E-state index in [9.17, 15) is 4.79 Å². The molecule has 5 nitrogen and oxygen atoms in total. The van der Waals surface area contributed by atoms with E-state index >= 15 is 0 Å². The van der Waals surface area contributed by atoms with Gasteiger partial charge in [-0.15, -0.1) is 10.2 Å². The Morgan fingerprint density at radius 3 is 2.42 bits per heavy atom. The average molecular weight is 321 g/mol. The molecule has 122 valence electrons. The number of rotatable bonds is 5. The minimum Gasteiger partial charge on any atom is -0.416 e. The van der Waals surface area contributed by atoms with Gasteiger partial charge in [0.2, 0.25) is 17.7 Å². The van der Waals surface area contributed by atoms with Crippen molar-refractivity contribution in [1.29, 1.82) is 0 Å². The summed E-state index contributed by atoms with van der Waals surface area (Å²) >= 11 is 0. The number of hydrogen-bond acceptors (Lipinski definition) is 4. The predicted molar refractivity (Wildman–Crippen MR) is 93.3 cm³/mol. The number of benzene rings is 2. The summed E-state index contributed by atoms with van der Waals surface area (Å²) in [5.41, 5.74) is 2.36. The molecule has 3 rings (SSSR count). The molecule has 1 aromatic heterocycles. The topological polar surface area (TPSA) is 68.0 Å². The first-order valence-electron chi connectivity index (χ1n) is 7.97. The highest BCUT2D eigenvalue weighted by Gasteiger charge is 2.13. The summed E-state index contributed by atoms with van der Waals surface area (Å²) < 4.78 is 5.75. The molecular formula is C19H19N3O2. The third-order valence-corrected chi connectivity index (χ3v) is 3.88. The standard InChI is InChI=1S/C19H19N3O2/c1-3-13(2)17(23)20-16-11-7-10-15(12-16)19-22-21-18(24-19)14-8-5-4-6-9-14/h4-13H,3H2,1-2H3,(H,20,23). The molecule has 2 aromatic carbocycles. The van der Waals surface area contributed by atoms with E-state index in [0.717, 1.165) is 23.2 Å². The van der Waals surface area contributed by atoms with Crippen molar-refractivity contribution in [2.45, 2.75) is 20.3 Å². The van der Waals surface area contributed by atoms with Crippen LogP contribution in [0, 0.1) is 5.92 Å². The van der Waals surface area contributed by atoms with Crippen LogP contribution in [0.1, 0.15) is 20.3 Å². The van der Waals surface area contributed by atoms with E-state index < -0.39 is 0 Å². The van der Waals surface area contributed by atoms with Crippen molar-refractivity contribution in [2.24, 2.45) is 5.92 Å². The van der Waals surface area contributed by atoms with Crippen LogP contribution < -0.4 is 5.32 Å². The molecule has 0 saturated carbocycles. The van der Waals surface area contributed by atoms with Gasteiger partial charge in [0.05, 0.1) is 0 Å². The maximum Gasteiger partial charge on any atom is 0.248 e. The van der Waals surface area contributed by atoms with E-state index in [1.165, 1.54) is 0 Å². The van der Waals surface area contributed by atoms with Crippen LogP contribution in [0.25, 0.3) is 22.9 Å². The summed E-state index contributed by atoms with van der Waals surface area (Å²) in [6.45, 7) is 3.90. The highest BCUT2D eigenvalue weighted by atomic mass is 16.4. The molecule has 0 radical (unpaired) electrons. The molecule has 0 aliphatic heterocycles. The number of amides is 1. The largest absolute Gasteiger partial charge is 0.416 e. The minimum atomic E-state index is -0.0262. The Labute approximate surface area is 140 Å². The van der Waals surface area contributed by atoms with Crippen LogP contribution in [0.4, 0.5) is 5.69 Å². The van der Waals surface area contributed by atoms with Crippen molar-refractivity contribution in [2.75, 3.05) is 5.32 Å². The Hall–Kier alpha value is -2.95. The zero-order valence-electron chi connectivity index (χ0n) is 13.7. The Bertz CT molecular complexity index is 827. The second-order valence-electron chi connectivity index (χ2n) is 5.66. The highest BCUT2D eigenvalue weighted by Crippen LogP contribution is 2.25. The van der Waals surface area contributed by atoms with Crippen LogP contribution in [0.15, 0.2) is 59.0 Å². The molecule has 1 atom stereocenters. The van der Waals surface area contributed by atoms with Crippen LogP contribution in [0.3, 0.4) is 0 Å². The molecule has 1 N–H and O–H groups in total. The third-order valence-electron chi connectivity index (χ3n) is 3.88. The lowest BCUT2D eigenvalue weighted by atomic mass is 10.1. The van der Waals surface area contributed by atoms with Crippen LogP contribution >= 0.6 is 0 Å². The molecule has 24 heavy (non-hydrogen) atoms. The molecular weight excluding hydrogens is 302 g/mol. The second-order valence-corrected chi connectivity index (χ2v) is 5.66. The first-order valence-corrected chi connectivity index (χ1v) is 7.97. The highest BCUT2D eigenvalue weighted by molar-refractivity contribution is 5.92. The van der Waals surface area contributed by atoms with Gasteiger partial charge in [0, 0.05) is 22.7 Å². The molecule has 0 fully saturated rings. The van der Waals surface area contributed by atoms with Gasteiger partial charge in [-0.3, -0.25) is 4.79 Å². The molecule has 0 bridgehead atoms. The van der Waals surface area contributed by atoms with Crippen molar-refractivity contribution in [3.05, 3.63) is 54.6 Å². The van der Waals surface area contributed by atoms with Gasteiger partial charge in [-0.2, -0.15) is 0 Å². The Morgan fingerprint density at radius 2 is 1.71 bits per heavy atom. The molecule has 0 aliphatic carbocycles. The number of hydrogen-bond donors (Lipinski definition) is 1. The summed E-state index contributed by atoms with van der Waals surface area (Å²) in [6, 6.07) is 17.0. The number of carbonyl (C=O) groups is 1. The average Bonchev–Trinajstić information content (AvgIpc) is 3.12. The van der Waals surface area contributed by atoms with Crippen LogP contribution in [-0.2, 0) is 4.79 Å². The molecule has 1 heterocycles. The zero-order valence-corrected chi connectivity index (χ0v) is 13.7. The lowest BCUT2D eigenvalue weighted by molar-refractivity contribution is -0.119. The Kier molecular flexibility index (Phi) is 4.70. The lowest BCUT2D eigenvalue weighted by Gasteiger charge is -2.10. The summed E-state index contributed by atoms with van der Waals surface area (Å²) in [4.78, 5) is 12.0. The van der Waals surface area contributed by atoms with Gasteiger partial charge >= 0.3 is 0 Å². The van der Waals surface area contributed by atoms with Gasteiger partial charge in [-0.05, 0) is 36.8 Å². The van der Waals surface area contributed by atoms with Gasteiger partial charge in [0.25, 0.3) is 0 Å². The van der Waals surface area contributed by atoms with E-state index in [2.05, 4.69) is 15.5 Å². The van der Waals surface area contributed by atoms with Crippen molar-refractivity contribution in [3.63, 3.8) is 0 Å². The smallest absolute Gasteiger partial charge is 0.248 e. The maximum absolute atomic E-state index is 12.0. The van der Waals surface area contributed by atoms with Crippen LogP contribution in [0.2, 0.25) is 0 Å². The Balaban J connectivity index is 1.82. The lowest BCUT2D eigenvalue weighted by Crippen LogP contribution is -2.19. The van der Waals surface area contributed by atoms with E-state index in [1.807, 2.05) is 68.4 Å². The van der Waals surface area contributed by atoms with Crippen molar-refractivity contribution < 1.29 is 9.21 Å². The third kappa shape index (κ3) is 3.51. The normalized spacial score (nSPS) is 11.9. The summed E-state index contributed by atoms with van der Waals surface area (Å²) in [6.07, 6.45) is 0.801. The van der Waals surface area contributed by atoms with Gasteiger partial charge in [-0.1, -0.05) is 38.1 Å². The van der Waals surface area contributed by atoms with Crippen LogP contribution in [-0.4, -0.2) is 16.1 Å².